The molecule has 1 aliphatic rings. The van der Waals surface area contributed by atoms with Gasteiger partial charge in [-0.05, 0) is 65.0 Å². The molecule has 1 fully saturated rings. The first-order valence-corrected chi connectivity index (χ1v) is 10.9. The van der Waals surface area contributed by atoms with Gasteiger partial charge in [-0.1, -0.05) is 99.3 Å². The average Bonchev–Trinajstić information content (AvgIpc) is 2.74. The van der Waals surface area contributed by atoms with Crippen LogP contribution >= 0.6 is 0 Å². The Kier molecular flexibility index (Phi) is 5.92. The molecular formula is C27H32. The summed E-state index contributed by atoms with van der Waals surface area (Å²) in [6, 6.07) is 24.8. The lowest BCUT2D eigenvalue weighted by Gasteiger charge is -2.29. The summed E-state index contributed by atoms with van der Waals surface area (Å²) in [6.07, 6.45) is 11.3. The molecular weight excluding hydrogens is 324 g/mol. The van der Waals surface area contributed by atoms with Gasteiger partial charge in [-0.25, -0.2) is 0 Å². The summed E-state index contributed by atoms with van der Waals surface area (Å²) in [5.74, 6) is 1.76. The number of benzene rings is 3. The minimum absolute atomic E-state index is 0.772. The van der Waals surface area contributed by atoms with Crippen molar-refractivity contribution in [3.63, 3.8) is 0 Å². The van der Waals surface area contributed by atoms with Crippen molar-refractivity contribution in [2.75, 3.05) is 0 Å². The van der Waals surface area contributed by atoms with Crippen molar-refractivity contribution in [3.05, 3.63) is 72.3 Å². The highest BCUT2D eigenvalue weighted by Crippen LogP contribution is 2.38. The zero-order chi connectivity index (χ0) is 18.5. The number of unbranched alkanes of at least 4 members (excludes halogenated alkanes) is 2. The minimum Gasteiger partial charge on any atom is -0.0654 e. The van der Waals surface area contributed by atoms with Gasteiger partial charge in [0.05, 0.1) is 0 Å². The molecule has 0 atom stereocenters. The molecule has 0 N–H and O–H groups in total. The smallest absolute Gasteiger partial charge is 0.0105 e. The summed E-state index contributed by atoms with van der Waals surface area (Å²) in [7, 11) is 0. The Morgan fingerprint density at radius 2 is 1.48 bits per heavy atom. The lowest BCUT2D eigenvalue weighted by atomic mass is 9.77. The SMILES string of the molecule is CCCCCC1CCC(c2ccc(-c3cccc4ccccc34)cc2)CC1. The van der Waals surface area contributed by atoms with Gasteiger partial charge in [-0.15, -0.1) is 0 Å². The normalized spacial score (nSPS) is 20.0. The first-order valence-electron chi connectivity index (χ1n) is 10.9. The number of rotatable bonds is 6. The van der Waals surface area contributed by atoms with Crippen molar-refractivity contribution in [2.45, 2.75) is 64.2 Å². The van der Waals surface area contributed by atoms with Crippen LogP contribution in [-0.2, 0) is 0 Å². The summed E-state index contributed by atoms with van der Waals surface area (Å²) < 4.78 is 0. The predicted octanol–water partition coefficient (Wildman–Crippen LogP) is 8.36. The van der Waals surface area contributed by atoms with Crippen LogP contribution in [0.3, 0.4) is 0 Å². The van der Waals surface area contributed by atoms with E-state index in [4.69, 9.17) is 0 Å². The van der Waals surface area contributed by atoms with Crippen molar-refractivity contribution in [1.82, 2.24) is 0 Å². The van der Waals surface area contributed by atoms with Crippen LogP contribution in [0.25, 0.3) is 21.9 Å². The third kappa shape index (κ3) is 4.26. The molecule has 0 amide bonds. The van der Waals surface area contributed by atoms with E-state index in [0.717, 1.165) is 11.8 Å². The summed E-state index contributed by atoms with van der Waals surface area (Å²) in [5.41, 5.74) is 4.23. The highest BCUT2D eigenvalue weighted by atomic mass is 14.3. The van der Waals surface area contributed by atoms with E-state index < -0.39 is 0 Å². The molecule has 0 nitrogen and oxygen atoms in total. The van der Waals surface area contributed by atoms with Crippen LogP contribution in [0, 0.1) is 5.92 Å². The monoisotopic (exact) mass is 356 g/mol. The minimum atomic E-state index is 0.772. The first-order chi connectivity index (χ1) is 13.3. The van der Waals surface area contributed by atoms with Crippen LogP contribution in [0.5, 0.6) is 0 Å². The summed E-state index contributed by atoms with van der Waals surface area (Å²) in [5, 5.41) is 2.67. The maximum Gasteiger partial charge on any atom is -0.0105 e. The Balaban J connectivity index is 1.44. The van der Waals surface area contributed by atoms with E-state index in [1.807, 2.05) is 0 Å². The standard InChI is InChI=1S/C27H32/c1-2-3-4-8-21-13-15-22(16-14-21)23-17-19-25(20-18-23)27-12-7-10-24-9-5-6-11-26(24)27/h5-7,9-12,17-22H,2-4,8,13-16H2,1H3. The summed E-state index contributed by atoms with van der Waals surface area (Å²) in [6.45, 7) is 2.30. The maximum absolute atomic E-state index is 2.39. The number of hydrogen-bond donors (Lipinski definition) is 0. The van der Waals surface area contributed by atoms with Gasteiger partial charge < -0.3 is 0 Å². The van der Waals surface area contributed by atoms with E-state index in [-0.39, 0.29) is 0 Å². The van der Waals surface area contributed by atoms with Gasteiger partial charge >= 0.3 is 0 Å². The van der Waals surface area contributed by atoms with Crippen LogP contribution < -0.4 is 0 Å². The van der Waals surface area contributed by atoms with E-state index in [9.17, 15) is 0 Å². The fourth-order valence-corrected chi connectivity index (χ4v) is 4.88. The molecule has 0 heteroatoms. The Hall–Kier alpha value is -2.08. The fraction of sp³-hybridized carbons (Fsp3) is 0.407. The van der Waals surface area contributed by atoms with Gasteiger partial charge in [-0.3, -0.25) is 0 Å². The van der Waals surface area contributed by atoms with Gasteiger partial charge in [0.1, 0.15) is 0 Å². The molecule has 0 aromatic heterocycles. The lowest BCUT2D eigenvalue weighted by Crippen LogP contribution is -2.13. The zero-order valence-electron chi connectivity index (χ0n) is 16.7. The molecule has 0 aliphatic heterocycles. The third-order valence-electron chi connectivity index (χ3n) is 6.55. The molecule has 1 aliphatic carbocycles. The fourth-order valence-electron chi connectivity index (χ4n) is 4.88. The molecule has 0 spiro atoms. The van der Waals surface area contributed by atoms with E-state index in [1.165, 1.54) is 73.3 Å². The molecule has 1 saturated carbocycles. The second-order valence-corrected chi connectivity index (χ2v) is 8.36. The summed E-state index contributed by atoms with van der Waals surface area (Å²) >= 11 is 0. The molecule has 0 saturated heterocycles. The van der Waals surface area contributed by atoms with Crippen molar-refractivity contribution in [1.29, 1.82) is 0 Å². The summed E-state index contributed by atoms with van der Waals surface area (Å²) in [4.78, 5) is 0. The third-order valence-corrected chi connectivity index (χ3v) is 6.55. The van der Waals surface area contributed by atoms with Crippen molar-refractivity contribution >= 4 is 10.8 Å². The van der Waals surface area contributed by atoms with Crippen LogP contribution in [0.15, 0.2) is 66.7 Å². The second kappa shape index (κ2) is 8.74. The quantitative estimate of drug-likeness (QED) is 0.389. The predicted molar refractivity (Wildman–Crippen MR) is 118 cm³/mol. The Bertz CT molecular complexity index is 845. The van der Waals surface area contributed by atoms with Crippen molar-refractivity contribution in [3.8, 4) is 11.1 Å². The largest absolute Gasteiger partial charge is 0.0654 e. The highest BCUT2D eigenvalue weighted by molar-refractivity contribution is 5.96. The molecule has 3 aromatic rings. The molecule has 140 valence electrons. The molecule has 0 unspecified atom stereocenters. The van der Waals surface area contributed by atoms with Gasteiger partial charge in [0.25, 0.3) is 0 Å². The molecule has 27 heavy (non-hydrogen) atoms. The lowest BCUT2D eigenvalue weighted by molar-refractivity contribution is 0.303. The maximum atomic E-state index is 2.39. The Morgan fingerprint density at radius 3 is 2.26 bits per heavy atom. The van der Waals surface area contributed by atoms with Gasteiger partial charge in [-0.2, -0.15) is 0 Å². The van der Waals surface area contributed by atoms with Crippen molar-refractivity contribution < 1.29 is 0 Å². The molecule has 3 aromatic carbocycles. The zero-order valence-corrected chi connectivity index (χ0v) is 16.7. The Morgan fingerprint density at radius 1 is 0.741 bits per heavy atom. The van der Waals surface area contributed by atoms with E-state index in [0.29, 0.717) is 0 Å². The highest BCUT2D eigenvalue weighted by Gasteiger charge is 2.22. The van der Waals surface area contributed by atoms with Crippen LogP contribution in [-0.4, -0.2) is 0 Å². The molecule has 4 rings (SSSR count). The van der Waals surface area contributed by atoms with E-state index in [2.05, 4.69) is 73.7 Å². The topological polar surface area (TPSA) is 0 Å². The molecule has 0 heterocycles. The number of fused-ring (bicyclic) bond motifs is 1. The van der Waals surface area contributed by atoms with Gasteiger partial charge in [0, 0.05) is 0 Å². The van der Waals surface area contributed by atoms with Crippen molar-refractivity contribution in [2.24, 2.45) is 5.92 Å². The molecule has 0 bridgehead atoms. The second-order valence-electron chi connectivity index (χ2n) is 8.36. The van der Waals surface area contributed by atoms with Crippen LogP contribution in [0.2, 0.25) is 0 Å². The van der Waals surface area contributed by atoms with Gasteiger partial charge in [0.2, 0.25) is 0 Å². The van der Waals surface area contributed by atoms with Crippen LogP contribution in [0.4, 0.5) is 0 Å². The Labute approximate surface area is 164 Å². The van der Waals surface area contributed by atoms with Gasteiger partial charge in [0.15, 0.2) is 0 Å². The number of hydrogen-bond acceptors (Lipinski definition) is 0. The first kappa shape index (κ1) is 18.3. The van der Waals surface area contributed by atoms with E-state index in [1.54, 1.807) is 5.56 Å². The average molecular weight is 357 g/mol. The van der Waals surface area contributed by atoms with Crippen LogP contribution in [0.1, 0.15) is 69.8 Å². The van der Waals surface area contributed by atoms with E-state index >= 15 is 0 Å². The molecule has 0 radical (unpaired) electrons.